The van der Waals surface area contributed by atoms with Crippen molar-refractivity contribution < 1.29 is 9.84 Å². The fraction of sp³-hybridized carbons (Fsp3) is 0.250. The lowest BCUT2D eigenvalue weighted by molar-refractivity contribution is -0.111. The third-order valence-corrected chi connectivity index (χ3v) is 5.10. The average Bonchev–Trinajstić information content (AvgIpc) is 2.63. The average molecular weight is 346 g/mol. The highest BCUT2D eigenvalue weighted by Crippen LogP contribution is 2.44. The second-order valence-electron chi connectivity index (χ2n) is 7.34. The standard InChI is InChI=1S/C24H26O2/c1-23(2,25)24(3,26-21-17-11-6-12-18-21)22(19-13-7-4-8-14-19)20-15-9-5-10-16-20/h4-18,22,25H,1-3H3. The molecule has 0 saturated carbocycles. The fourth-order valence-corrected chi connectivity index (χ4v) is 3.39. The first-order valence-corrected chi connectivity index (χ1v) is 8.98. The van der Waals surface area contributed by atoms with E-state index in [1.165, 1.54) is 0 Å². The second kappa shape index (κ2) is 7.35. The van der Waals surface area contributed by atoms with Crippen molar-refractivity contribution in [1.82, 2.24) is 0 Å². The number of hydrogen-bond acceptors (Lipinski definition) is 2. The predicted octanol–water partition coefficient (Wildman–Crippen LogP) is 5.43. The van der Waals surface area contributed by atoms with E-state index in [0.717, 1.165) is 16.9 Å². The molecular formula is C24H26O2. The lowest BCUT2D eigenvalue weighted by Crippen LogP contribution is -2.56. The van der Waals surface area contributed by atoms with E-state index in [4.69, 9.17) is 4.74 Å². The molecule has 0 radical (unpaired) electrons. The Hall–Kier alpha value is -2.58. The van der Waals surface area contributed by atoms with E-state index in [1.807, 2.05) is 87.5 Å². The zero-order chi connectivity index (χ0) is 18.6. The maximum atomic E-state index is 11.2. The van der Waals surface area contributed by atoms with Gasteiger partial charge in [-0.05, 0) is 44.0 Å². The second-order valence-corrected chi connectivity index (χ2v) is 7.34. The van der Waals surface area contributed by atoms with Crippen molar-refractivity contribution >= 4 is 0 Å². The van der Waals surface area contributed by atoms with Crippen LogP contribution < -0.4 is 4.74 Å². The highest BCUT2D eigenvalue weighted by Gasteiger charge is 2.49. The van der Waals surface area contributed by atoms with Crippen molar-refractivity contribution in [2.45, 2.75) is 37.9 Å². The predicted molar refractivity (Wildman–Crippen MR) is 106 cm³/mol. The normalized spacial score (nSPS) is 14.0. The maximum Gasteiger partial charge on any atom is 0.145 e. The minimum absolute atomic E-state index is 0.134. The Balaban J connectivity index is 2.16. The summed E-state index contributed by atoms with van der Waals surface area (Å²) in [6.45, 7) is 5.62. The van der Waals surface area contributed by atoms with Crippen LogP contribution in [0.1, 0.15) is 37.8 Å². The maximum absolute atomic E-state index is 11.2. The Morgan fingerprint density at radius 3 is 1.42 bits per heavy atom. The molecule has 0 aliphatic carbocycles. The van der Waals surface area contributed by atoms with Gasteiger partial charge in [0.15, 0.2) is 0 Å². The largest absolute Gasteiger partial charge is 0.484 e. The third-order valence-electron chi connectivity index (χ3n) is 5.10. The van der Waals surface area contributed by atoms with Crippen LogP contribution in [0.2, 0.25) is 0 Å². The van der Waals surface area contributed by atoms with Crippen LogP contribution in [-0.2, 0) is 0 Å². The minimum Gasteiger partial charge on any atom is -0.484 e. The highest BCUT2D eigenvalue weighted by molar-refractivity contribution is 5.38. The van der Waals surface area contributed by atoms with Crippen LogP contribution in [0.4, 0.5) is 0 Å². The van der Waals surface area contributed by atoms with E-state index >= 15 is 0 Å². The summed E-state index contributed by atoms with van der Waals surface area (Å²) in [5, 5.41) is 11.2. The van der Waals surface area contributed by atoms with Crippen molar-refractivity contribution in [3.8, 4) is 5.75 Å². The summed E-state index contributed by atoms with van der Waals surface area (Å²) in [5.41, 5.74) is 0.259. The van der Waals surface area contributed by atoms with Crippen LogP contribution in [0, 0.1) is 0 Å². The Bertz CT molecular complexity index is 768. The summed E-state index contributed by atoms with van der Waals surface area (Å²) in [4.78, 5) is 0. The lowest BCUT2D eigenvalue weighted by atomic mass is 9.70. The van der Waals surface area contributed by atoms with E-state index in [0.29, 0.717) is 0 Å². The van der Waals surface area contributed by atoms with Crippen LogP contribution in [0.3, 0.4) is 0 Å². The van der Waals surface area contributed by atoms with Crippen molar-refractivity contribution in [3.63, 3.8) is 0 Å². The molecule has 0 aliphatic heterocycles. The van der Waals surface area contributed by atoms with Gasteiger partial charge in [0.05, 0.1) is 11.5 Å². The number of aliphatic hydroxyl groups is 1. The Labute approximate surface area is 156 Å². The van der Waals surface area contributed by atoms with Crippen LogP contribution in [0.15, 0.2) is 91.0 Å². The van der Waals surface area contributed by atoms with Crippen LogP contribution in [-0.4, -0.2) is 16.3 Å². The molecule has 3 aromatic carbocycles. The van der Waals surface area contributed by atoms with Gasteiger partial charge in [-0.1, -0.05) is 78.9 Å². The number of benzene rings is 3. The van der Waals surface area contributed by atoms with Crippen molar-refractivity contribution in [2.75, 3.05) is 0 Å². The van der Waals surface area contributed by atoms with Gasteiger partial charge in [-0.3, -0.25) is 0 Å². The van der Waals surface area contributed by atoms with Crippen molar-refractivity contribution in [1.29, 1.82) is 0 Å². The zero-order valence-corrected chi connectivity index (χ0v) is 15.6. The molecule has 3 aromatic rings. The van der Waals surface area contributed by atoms with Crippen LogP contribution in [0.25, 0.3) is 0 Å². The molecule has 0 heterocycles. The molecule has 26 heavy (non-hydrogen) atoms. The first-order chi connectivity index (χ1) is 12.4. The van der Waals surface area contributed by atoms with Gasteiger partial charge < -0.3 is 9.84 Å². The summed E-state index contributed by atoms with van der Waals surface area (Å²) < 4.78 is 6.49. The summed E-state index contributed by atoms with van der Waals surface area (Å²) in [6, 6.07) is 30.2. The summed E-state index contributed by atoms with van der Waals surface area (Å²) >= 11 is 0. The summed E-state index contributed by atoms with van der Waals surface area (Å²) in [5.74, 6) is 0.610. The van der Waals surface area contributed by atoms with E-state index in [1.54, 1.807) is 0 Å². The van der Waals surface area contributed by atoms with E-state index < -0.39 is 11.2 Å². The summed E-state index contributed by atoms with van der Waals surface area (Å²) in [6.07, 6.45) is 0. The quantitative estimate of drug-likeness (QED) is 0.645. The van der Waals surface area contributed by atoms with Gasteiger partial charge in [0.25, 0.3) is 0 Å². The third kappa shape index (κ3) is 3.66. The van der Waals surface area contributed by atoms with E-state index in [2.05, 4.69) is 24.3 Å². The number of rotatable bonds is 6. The van der Waals surface area contributed by atoms with Gasteiger partial charge in [0.2, 0.25) is 0 Å². The fourth-order valence-electron chi connectivity index (χ4n) is 3.39. The highest BCUT2D eigenvalue weighted by atomic mass is 16.5. The first-order valence-electron chi connectivity index (χ1n) is 8.98. The van der Waals surface area contributed by atoms with Crippen molar-refractivity contribution in [3.05, 3.63) is 102 Å². The number of ether oxygens (including phenoxy) is 1. The topological polar surface area (TPSA) is 29.5 Å². The molecule has 0 spiro atoms. The van der Waals surface area contributed by atoms with E-state index in [-0.39, 0.29) is 5.92 Å². The van der Waals surface area contributed by atoms with Crippen LogP contribution >= 0.6 is 0 Å². The molecule has 0 amide bonds. The molecule has 1 unspecified atom stereocenters. The molecule has 2 heteroatoms. The van der Waals surface area contributed by atoms with E-state index in [9.17, 15) is 5.11 Å². The van der Waals surface area contributed by atoms with Gasteiger partial charge >= 0.3 is 0 Å². The molecular weight excluding hydrogens is 320 g/mol. The SMILES string of the molecule is CC(C)(O)C(C)(Oc1ccccc1)C(c1ccccc1)c1ccccc1. The number of para-hydroxylation sites is 1. The molecule has 1 N–H and O–H groups in total. The molecule has 0 aliphatic rings. The molecule has 1 atom stereocenters. The molecule has 134 valence electrons. The Kier molecular flexibility index (Phi) is 5.15. The molecule has 2 nitrogen and oxygen atoms in total. The minimum atomic E-state index is -1.08. The van der Waals surface area contributed by atoms with Gasteiger partial charge in [0.1, 0.15) is 11.4 Å². The lowest BCUT2D eigenvalue weighted by Gasteiger charge is -2.46. The zero-order valence-electron chi connectivity index (χ0n) is 15.6. The molecule has 0 fully saturated rings. The van der Waals surface area contributed by atoms with Crippen LogP contribution in [0.5, 0.6) is 5.75 Å². The molecule has 0 aromatic heterocycles. The Morgan fingerprint density at radius 2 is 1.04 bits per heavy atom. The monoisotopic (exact) mass is 346 g/mol. The van der Waals surface area contributed by atoms with Gasteiger partial charge in [-0.25, -0.2) is 0 Å². The first kappa shape index (κ1) is 18.2. The smallest absolute Gasteiger partial charge is 0.145 e. The summed E-state index contributed by atoms with van der Waals surface area (Å²) in [7, 11) is 0. The molecule has 0 saturated heterocycles. The molecule has 0 bridgehead atoms. The molecule has 3 rings (SSSR count). The van der Waals surface area contributed by atoms with Gasteiger partial charge in [-0.2, -0.15) is 0 Å². The number of hydrogen-bond donors (Lipinski definition) is 1. The van der Waals surface area contributed by atoms with Gasteiger partial charge in [0, 0.05) is 0 Å². The van der Waals surface area contributed by atoms with Crippen molar-refractivity contribution in [2.24, 2.45) is 0 Å². The van der Waals surface area contributed by atoms with Gasteiger partial charge in [-0.15, -0.1) is 0 Å². The Morgan fingerprint density at radius 1 is 0.654 bits per heavy atom.